The molecule has 0 unspecified atom stereocenters. The summed E-state index contributed by atoms with van der Waals surface area (Å²) in [7, 11) is 0. The molecule has 0 saturated heterocycles. The lowest BCUT2D eigenvalue weighted by atomic mass is 10.3. The minimum atomic E-state index is -0.514. The van der Waals surface area contributed by atoms with E-state index in [1.807, 2.05) is 24.3 Å². The summed E-state index contributed by atoms with van der Waals surface area (Å²) in [5.41, 5.74) is 1.00. The van der Waals surface area contributed by atoms with Gasteiger partial charge in [0.2, 0.25) is 5.95 Å². The van der Waals surface area contributed by atoms with E-state index in [0.717, 1.165) is 10.2 Å². The second-order valence-electron chi connectivity index (χ2n) is 4.83. The van der Waals surface area contributed by atoms with Gasteiger partial charge in [-0.3, -0.25) is 4.79 Å². The summed E-state index contributed by atoms with van der Waals surface area (Å²) < 4.78 is 14.5. The summed E-state index contributed by atoms with van der Waals surface area (Å²) >= 11 is 3.38. The molecule has 1 amide bonds. The van der Waals surface area contributed by atoms with E-state index in [1.165, 1.54) is 24.4 Å². The highest BCUT2D eigenvalue weighted by Gasteiger charge is 2.11. The Labute approximate surface area is 146 Å². The molecule has 1 heterocycles. The molecule has 1 aromatic heterocycles. The highest BCUT2D eigenvalue weighted by atomic mass is 79.9. The van der Waals surface area contributed by atoms with Gasteiger partial charge < -0.3 is 10.6 Å². The summed E-state index contributed by atoms with van der Waals surface area (Å²) in [5.74, 6) is -0.749. The highest BCUT2D eigenvalue weighted by Crippen LogP contribution is 2.19. The lowest BCUT2D eigenvalue weighted by Gasteiger charge is -2.08. The first-order valence-electron chi connectivity index (χ1n) is 7.03. The number of aromatic nitrogens is 2. The third-order valence-electron chi connectivity index (χ3n) is 3.09. The molecule has 2 N–H and O–H groups in total. The number of hydrogen-bond donors (Lipinski definition) is 2. The molecular formula is C17H12BrFN4O. The van der Waals surface area contributed by atoms with E-state index in [2.05, 4.69) is 36.5 Å². The molecule has 3 aromatic rings. The monoisotopic (exact) mass is 386 g/mol. The van der Waals surface area contributed by atoms with Gasteiger partial charge >= 0.3 is 0 Å². The molecule has 0 aliphatic rings. The van der Waals surface area contributed by atoms with Crippen molar-refractivity contribution in [2.75, 3.05) is 10.6 Å². The fourth-order valence-electron chi connectivity index (χ4n) is 1.99. The van der Waals surface area contributed by atoms with Crippen LogP contribution in [0, 0.1) is 5.82 Å². The van der Waals surface area contributed by atoms with Crippen molar-refractivity contribution in [3.05, 3.63) is 76.8 Å². The normalized spacial score (nSPS) is 10.2. The molecular weight excluding hydrogens is 375 g/mol. The number of nitrogens with zero attached hydrogens (tertiary/aromatic N) is 2. The van der Waals surface area contributed by atoms with Gasteiger partial charge in [0.25, 0.3) is 5.91 Å². The Kier molecular flexibility index (Phi) is 4.81. The third kappa shape index (κ3) is 3.94. The van der Waals surface area contributed by atoms with E-state index in [-0.39, 0.29) is 17.3 Å². The molecule has 0 aliphatic heterocycles. The van der Waals surface area contributed by atoms with Gasteiger partial charge in [-0.05, 0) is 36.4 Å². The van der Waals surface area contributed by atoms with E-state index in [0.29, 0.717) is 0 Å². The molecule has 120 valence electrons. The number of carbonyl (C=O) groups is 1. The second-order valence-corrected chi connectivity index (χ2v) is 5.75. The minimum absolute atomic E-state index is 0.0996. The van der Waals surface area contributed by atoms with Crippen LogP contribution >= 0.6 is 15.9 Å². The van der Waals surface area contributed by atoms with Gasteiger partial charge in [-0.25, -0.2) is 14.4 Å². The van der Waals surface area contributed by atoms with Crippen LogP contribution < -0.4 is 10.6 Å². The quantitative estimate of drug-likeness (QED) is 0.698. The van der Waals surface area contributed by atoms with Crippen molar-refractivity contribution in [1.82, 2.24) is 9.97 Å². The van der Waals surface area contributed by atoms with E-state index >= 15 is 0 Å². The maximum absolute atomic E-state index is 13.6. The molecule has 0 radical (unpaired) electrons. The average Bonchev–Trinajstić information content (AvgIpc) is 2.57. The third-order valence-corrected chi connectivity index (χ3v) is 3.58. The Balaban J connectivity index is 1.77. The zero-order valence-electron chi connectivity index (χ0n) is 12.3. The van der Waals surface area contributed by atoms with Crippen molar-refractivity contribution in [2.45, 2.75) is 0 Å². The minimum Gasteiger partial charge on any atom is -0.324 e. The lowest BCUT2D eigenvalue weighted by molar-refractivity contribution is 0.102. The van der Waals surface area contributed by atoms with Crippen molar-refractivity contribution in [1.29, 1.82) is 0 Å². The largest absolute Gasteiger partial charge is 0.324 e. The van der Waals surface area contributed by atoms with Gasteiger partial charge in [0.05, 0.1) is 5.69 Å². The van der Waals surface area contributed by atoms with Crippen molar-refractivity contribution in [3.63, 3.8) is 0 Å². The fourth-order valence-corrected chi connectivity index (χ4v) is 2.39. The molecule has 3 rings (SSSR count). The predicted octanol–water partition coefficient (Wildman–Crippen LogP) is 4.37. The summed E-state index contributed by atoms with van der Waals surface area (Å²) in [6.07, 6.45) is 1.46. The molecule has 24 heavy (non-hydrogen) atoms. The molecule has 0 aliphatic carbocycles. The maximum Gasteiger partial charge on any atom is 0.274 e. The molecule has 2 aromatic carbocycles. The van der Waals surface area contributed by atoms with Crippen molar-refractivity contribution in [2.24, 2.45) is 0 Å². The van der Waals surface area contributed by atoms with Crippen molar-refractivity contribution >= 4 is 39.2 Å². The molecule has 7 heteroatoms. The summed E-state index contributed by atoms with van der Waals surface area (Å²) in [6, 6.07) is 14.9. The van der Waals surface area contributed by atoms with Crippen molar-refractivity contribution in [3.8, 4) is 0 Å². The van der Waals surface area contributed by atoms with Gasteiger partial charge in [0.15, 0.2) is 0 Å². The number of anilines is 3. The van der Waals surface area contributed by atoms with E-state index in [4.69, 9.17) is 0 Å². The molecule has 0 spiro atoms. The van der Waals surface area contributed by atoms with Crippen LogP contribution in [0.5, 0.6) is 0 Å². The topological polar surface area (TPSA) is 66.9 Å². The Morgan fingerprint density at radius 2 is 1.92 bits per heavy atom. The first kappa shape index (κ1) is 16.1. The van der Waals surface area contributed by atoms with E-state index in [9.17, 15) is 9.18 Å². The van der Waals surface area contributed by atoms with Gasteiger partial charge in [-0.2, -0.15) is 0 Å². The smallest absolute Gasteiger partial charge is 0.274 e. The number of carbonyl (C=O) groups excluding carboxylic acids is 1. The van der Waals surface area contributed by atoms with Gasteiger partial charge in [-0.1, -0.05) is 34.1 Å². The number of benzene rings is 2. The average molecular weight is 387 g/mol. The van der Waals surface area contributed by atoms with Crippen LogP contribution in [0.15, 0.2) is 65.3 Å². The standard InChI is InChI=1S/C17H12BrFN4O/c18-11-4-3-5-12(10-11)21-17-20-9-8-15(23-17)16(24)22-14-7-2-1-6-13(14)19/h1-10H,(H,22,24)(H,20,21,23). The number of para-hydroxylation sites is 1. The predicted molar refractivity (Wildman–Crippen MR) is 93.8 cm³/mol. The van der Waals surface area contributed by atoms with Crippen LogP contribution in [0.4, 0.5) is 21.7 Å². The Morgan fingerprint density at radius 1 is 1.08 bits per heavy atom. The second kappa shape index (κ2) is 7.18. The molecule has 0 fully saturated rings. The summed E-state index contributed by atoms with van der Waals surface area (Å²) in [6.45, 7) is 0. The number of hydrogen-bond acceptors (Lipinski definition) is 4. The van der Waals surface area contributed by atoms with Gasteiger partial charge in [0.1, 0.15) is 11.5 Å². The van der Waals surface area contributed by atoms with E-state index in [1.54, 1.807) is 12.1 Å². The zero-order chi connectivity index (χ0) is 16.9. The van der Waals surface area contributed by atoms with Gasteiger partial charge in [-0.15, -0.1) is 0 Å². The van der Waals surface area contributed by atoms with Crippen LogP contribution in [-0.2, 0) is 0 Å². The maximum atomic E-state index is 13.6. The number of nitrogens with one attached hydrogen (secondary N) is 2. The Morgan fingerprint density at radius 3 is 2.71 bits per heavy atom. The van der Waals surface area contributed by atoms with Crippen LogP contribution in [0.25, 0.3) is 0 Å². The number of amides is 1. The number of rotatable bonds is 4. The van der Waals surface area contributed by atoms with Gasteiger partial charge in [0, 0.05) is 16.4 Å². The van der Waals surface area contributed by atoms with E-state index < -0.39 is 11.7 Å². The molecule has 0 atom stereocenters. The van der Waals surface area contributed by atoms with Crippen LogP contribution in [0.1, 0.15) is 10.5 Å². The van der Waals surface area contributed by atoms with Crippen LogP contribution in [-0.4, -0.2) is 15.9 Å². The summed E-state index contributed by atoms with van der Waals surface area (Å²) in [4.78, 5) is 20.5. The van der Waals surface area contributed by atoms with Crippen molar-refractivity contribution < 1.29 is 9.18 Å². The lowest BCUT2D eigenvalue weighted by Crippen LogP contribution is -2.15. The highest BCUT2D eigenvalue weighted by molar-refractivity contribution is 9.10. The zero-order valence-corrected chi connectivity index (χ0v) is 13.9. The first-order chi connectivity index (χ1) is 11.6. The molecule has 5 nitrogen and oxygen atoms in total. The van der Waals surface area contributed by atoms with Crippen LogP contribution in [0.2, 0.25) is 0 Å². The Hall–Kier alpha value is -2.80. The molecule has 0 bridgehead atoms. The Bertz CT molecular complexity index is 888. The number of halogens is 2. The first-order valence-corrected chi connectivity index (χ1v) is 7.82. The summed E-state index contributed by atoms with van der Waals surface area (Å²) in [5, 5.41) is 5.50. The molecule has 0 saturated carbocycles. The fraction of sp³-hybridized carbons (Fsp3) is 0. The van der Waals surface area contributed by atoms with Crippen LogP contribution in [0.3, 0.4) is 0 Å². The SMILES string of the molecule is O=C(Nc1ccccc1F)c1ccnc(Nc2cccc(Br)c2)n1.